The molecule has 0 radical (unpaired) electrons. The summed E-state index contributed by atoms with van der Waals surface area (Å²) in [6, 6.07) is 7.18. The molecule has 3 heterocycles. The molecule has 122 valence electrons. The summed E-state index contributed by atoms with van der Waals surface area (Å²) >= 11 is 0. The van der Waals surface area contributed by atoms with Gasteiger partial charge in [0, 0.05) is 24.7 Å². The van der Waals surface area contributed by atoms with E-state index in [9.17, 15) is 4.79 Å². The normalized spacial score (nSPS) is 13.6. The maximum absolute atomic E-state index is 12.6. The third-order valence-electron chi connectivity index (χ3n) is 3.94. The average molecular weight is 324 g/mol. The number of benzene rings is 1. The summed E-state index contributed by atoms with van der Waals surface area (Å²) in [7, 11) is 0. The molecule has 8 nitrogen and oxygen atoms in total. The summed E-state index contributed by atoms with van der Waals surface area (Å²) in [5.74, 6) is 0.999. The van der Waals surface area contributed by atoms with Gasteiger partial charge in [0.2, 0.25) is 11.7 Å². The molecule has 0 saturated heterocycles. The molecule has 2 N–H and O–H groups in total. The number of urea groups is 1. The van der Waals surface area contributed by atoms with Crippen LogP contribution in [-0.4, -0.2) is 32.9 Å². The van der Waals surface area contributed by atoms with Crippen molar-refractivity contribution in [3.8, 4) is 11.4 Å². The van der Waals surface area contributed by atoms with E-state index in [1.54, 1.807) is 18.0 Å². The number of hydrogen-bond acceptors (Lipinski definition) is 5. The molecule has 0 fully saturated rings. The van der Waals surface area contributed by atoms with Crippen LogP contribution in [0.5, 0.6) is 0 Å². The molecule has 0 unspecified atom stereocenters. The Morgan fingerprint density at radius 3 is 3.17 bits per heavy atom. The van der Waals surface area contributed by atoms with Crippen molar-refractivity contribution in [3.05, 3.63) is 42.0 Å². The summed E-state index contributed by atoms with van der Waals surface area (Å²) in [4.78, 5) is 18.5. The zero-order valence-corrected chi connectivity index (χ0v) is 13.1. The predicted octanol–water partition coefficient (Wildman–Crippen LogP) is 2.75. The van der Waals surface area contributed by atoms with Gasteiger partial charge < -0.3 is 9.84 Å². The number of H-pyrrole nitrogens is 1. The van der Waals surface area contributed by atoms with Crippen molar-refractivity contribution in [1.29, 1.82) is 0 Å². The van der Waals surface area contributed by atoms with Gasteiger partial charge in [0.1, 0.15) is 0 Å². The van der Waals surface area contributed by atoms with E-state index in [0.29, 0.717) is 23.9 Å². The van der Waals surface area contributed by atoms with E-state index in [0.717, 1.165) is 29.8 Å². The first-order chi connectivity index (χ1) is 11.7. The zero-order valence-electron chi connectivity index (χ0n) is 13.1. The lowest BCUT2D eigenvalue weighted by molar-refractivity contribution is 0.256. The van der Waals surface area contributed by atoms with Crippen LogP contribution in [0.15, 0.2) is 35.0 Å². The molecule has 0 aliphatic carbocycles. The third-order valence-corrected chi connectivity index (χ3v) is 3.94. The lowest BCUT2D eigenvalue weighted by Gasteiger charge is -2.26. The van der Waals surface area contributed by atoms with Crippen molar-refractivity contribution < 1.29 is 9.32 Å². The topological polar surface area (TPSA) is 99.9 Å². The summed E-state index contributed by atoms with van der Waals surface area (Å²) in [5.41, 5.74) is 3.29. The third kappa shape index (κ3) is 2.62. The van der Waals surface area contributed by atoms with Crippen molar-refractivity contribution in [3.63, 3.8) is 0 Å². The van der Waals surface area contributed by atoms with Crippen molar-refractivity contribution in [2.45, 2.75) is 19.8 Å². The number of fused-ring (bicyclic) bond motifs is 1. The largest absolute Gasteiger partial charge is 0.339 e. The Balaban J connectivity index is 1.55. The summed E-state index contributed by atoms with van der Waals surface area (Å²) < 4.78 is 5.00. The molecule has 1 aliphatic rings. The standard InChI is InChI=1S/C16H16N6O2/c1-10-18-15(21-24-10)11-4-2-5-12(8-11)19-16(23)22-7-3-6-13-14(22)9-17-20-13/h2,4-5,8-9H,3,6-7H2,1H3,(H,17,20)(H,19,23). The maximum Gasteiger partial charge on any atom is 0.326 e. The van der Waals surface area contributed by atoms with Gasteiger partial charge in [0.25, 0.3) is 0 Å². The van der Waals surface area contributed by atoms with Gasteiger partial charge in [-0.15, -0.1) is 0 Å². The average Bonchev–Trinajstić information content (AvgIpc) is 3.23. The van der Waals surface area contributed by atoms with Gasteiger partial charge in [-0.3, -0.25) is 10.00 Å². The highest BCUT2D eigenvalue weighted by molar-refractivity contribution is 6.02. The first-order valence-corrected chi connectivity index (χ1v) is 7.72. The molecule has 0 bridgehead atoms. The first kappa shape index (κ1) is 14.4. The highest BCUT2D eigenvalue weighted by Gasteiger charge is 2.24. The number of amides is 2. The van der Waals surface area contributed by atoms with E-state index < -0.39 is 0 Å². The van der Waals surface area contributed by atoms with Crippen LogP contribution in [0.3, 0.4) is 0 Å². The number of rotatable bonds is 2. The van der Waals surface area contributed by atoms with Gasteiger partial charge in [-0.1, -0.05) is 17.3 Å². The number of hydrogen-bond donors (Lipinski definition) is 2. The smallest absolute Gasteiger partial charge is 0.326 e. The monoisotopic (exact) mass is 324 g/mol. The van der Waals surface area contributed by atoms with Crippen LogP contribution in [0.25, 0.3) is 11.4 Å². The molecule has 0 spiro atoms. The Labute approximate surface area is 137 Å². The number of nitrogens with one attached hydrogen (secondary N) is 2. The van der Waals surface area contributed by atoms with Crippen LogP contribution >= 0.6 is 0 Å². The minimum Gasteiger partial charge on any atom is -0.339 e. The lowest BCUT2D eigenvalue weighted by Crippen LogP contribution is -2.38. The molecule has 0 atom stereocenters. The second-order valence-corrected chi connectivity index (χ2v) is 5.64. The quantitative estimate of drug-likeness (QED) is 0.755. The zero-order chi connectivity index (χ0) is 16.5. The van der Waals surface area contributed by atoms with Crippen LogP contribution in [0.2, 0.25) is 0 Å². The highest BCUT2D eigenvalue weighted by Crippen LogP contribution is 2.26. The van der Waals surface area contributed by atoms with Crippen LogP contribution in [0.1, 0.15) is 18.0 Å². The van der Waals surface area contributed by atoms with Crippen molar-refractivity contribution in [1.82, 2.24) is 20.3 Å². The number of carbonyl (C=O) groups excluding carboxylic acids is 1. The van der Waals surface area contributed by atoms with Gasteiger partial charge in [0.05, 0.1) is 17.6 Å². The molecular formula is C16H16N6O2. The number of aromatic nitrogens is 4. The molecule has 4 rings (SSSR count). The number of nitrogens with zero attached hydrogens (tertiary/aromatic N) is 4. The summed E-state index contributed by atoms with van der Waals surface area (Å²) in [6.45, 7) is 2.41. The van der Waals surface area contributed by atoms with Gasteiger partial charge in [-0.25, -0.2) is 4.79 Å². The molecule has 8 heteroatoms. The number of carbonyl (C=O) groups is 1. The summed E-state index contributed by atoms with van der Waals surface area (Å²) in [6.07, 6.45) is 3.50. The van der Waals surface area contributed by atoms with Gasteiger partial charge in [-0.2, -0.15) is 10.1 Å². The molecule has 1 aromatic carbocycles. The van der Waals surface area contributed by atoms with Crippen LogP contribution < -0.4 is 10.2 Å². The Morgan fingerprint density at radius 1 is 1.42 bits per heavy atom. The Hall–Kier alpha value is -3.16. The van der Waals surface area contributed by atoms with Crippen LogP contribution in [-0.2, 0) is 6.42 Å². The second kappa shape index (κ2) is 5.80. The highest BCUT2D eigenvalue weighted by atomic mass is 16.5. The first-order valence-electron chi connectivity index (χ1n) is 7.72. The SMILES string of the molecule is Cc1nc(-c2cccc(NC(=O)N3CCCc4[nH]ncc43)c2)no1. The molecule has 3 aromatic rings. The molecule has 2 aromatic heterocycles. The number of aryl methyl sites for hydroxylation is 2. The molecule has 0 saturated carbocycles. The van der Waals surface area contributed by atoms with Gasteiger partial charge in [-0.05, 0) is 25.0 Å². The van der Waals surface area contributed by atoms with E-state index >= 15 is 0 Å². The molecular weight excluding hydrogens is 308 g/mol. The Bertz CT molecular complexity index is 884. The molecule has 24 heavy (non-hydrogen) atoms. The van der Waals surface area contributed by atoms with E-state index in [-0.39, 0.29) is 6.03 Å². The van der Waals surface area contributed by atoms with E-state index in [1.165, 1.54) is 0 Å². The van der Waals surface area contributed by atoms with Gasteiger partial charge in [0.15, 0.2) is 0 Å². The minimum atomic E-state index is -0.182. The lowest BCUT2D eigenvalue weighted by atomic mass is 10.1. The van der Waals surface area contributed by atoms with E-state index in [2.05, 4.69) is 25.7 Å². The van der Waals surface area contributed by atoms with Crippen LogP contribution in [0.4, 0.5) is 16.2 Å². The van der Waals surface area contributed by atoms with Crippen molar-refractivity contribution in [2.75, 3.05) is 16.8 Å². The number of anilines is 2. The maximum atomic E-state index is 12.6. The van der Waals surface area contributed by atoms with Crippen LogP contribution in [0, 0.1) is 6.92 Å². The summed E-state index contributed by atoms with van der Waals surface area (Å²) in [5, 5.41) is 13.8. The van der Waals surface area contributed by atoms with Crippen molar-refractivity contribution >= 4 is 17.4 Å². The number of aromatic amines is 1. The predicted molar refractivity (Wildman–Crippen MR) is 87.7 cm³/mol. The molecule has 1 aliphatic heterocycles. The van der Waals surface area contributed by atoms with Gasteiger partial charge >= 0.3 is 6.03 Å². The fraction of sp³-hybridized carbons (Fsp3) is 0.250. The Kier molecular flexibility index (Phi) is 3.49. The minimum absolute atomic E-state index is 0.182. The second-order valence-electron chi connectivity index (χ2n) is 5.64. The van der Waals surface area contributed by atoms with E-state index in [4.69, 9.17) is 4.52 Å². The Morgan fingerprint density at radius 2 is 2.33 bits per heavy atom. The van der Waals surface area contributed by atoms with E-state index in [1.807, 2.05) is 24.3 Å². The van der Waals surface area contributed by atoms with Crippen molar-refractivity contribution in [2.24, 2.45) is 0 Å². The fourth-order valence-corrected chi connectivity index (χ4v) is 2.81. The fourth-order valence-electron chi connectivity index (χ4n) is 2.81. The molecule has 2 amide bonds.